The van der Waals surface area contributed by atoms with Gasteiger partial charge in [0, 0.05) is 32.7 Å². The summed E-state index contributed by atoms with van der Waals surface area (Å²) in [5.41, 5.74) is 3.45. The third-order valence-corrected chi connectivity index (χ3v) is 7.57. The number of nitrogens with zero attached hydrogens (tertiary/aromatic N) is 6. The SMILES string of the molecule is COc1cc(C=CCN2CCN([C@H](c3cccc(C(F)(F)F)c3)c3nnnn3-c3c(C)cccc3C)CC2)ccc1O. The number of rotatable bonds is 8. The van der Waals surface area contributed by atoms with Crippen LogP contribution in [0.1, 0.15) is 39.7 Å². The van der Waals surface area contributed by atoms with Crippen molar-refractivity contribution >= 4 is 6.08 Å². The van der Waals surface area contributed by atoms with Crippen molar-refractivity contribution in [3.05, 3.63) is 100 Å². The van der Waals surface area contributed by atoms with Gasteiger partial charge in [0.25, 0.3) is 0 Å². The van der Waals surface area contributed by atoms with Crippen molar-refractivity contribution in [1.29, 1.82) is 0 Å². The number of halogens is 3. The number of alkyl halides is 3. The van der Waals surface area contributed by atoms with Crippen LogP contribution in [0.2, 0.25) is 0 Å². The molecule has 1 N–H and O–H groups in total. The van der Waals surface area contributed by atoms with Gasteiger partial charge in [-0.2, -0.15) is 17.9 Å². The summed E-state index contributed by atoms with van der Waals surface area (Å²) < 4.78 is 48.0. The highest BCUT2D eigenvalue weighted by Crippen LogP contribution is 2.35. The van der Waals surface area contributed by atoms with Gasteiger partial charge >= 0.3 is 6.18 Å². The number of benzene rings is 3. The molecule has 0 radical (unpaired) electrons. The van der Waals surface area contributed by atoms with Gasteiger partial charge in [0.05, 0.1) is 24.4 Å². The Bertz CT molecular complexity index is 1540. The van der Waals surface area contributed by atoms with E-state index >= 15 is 0 Å². The first-order chi connectivity index (χ1) is 20.2. The number of aryl methyl sites for hydroxylation is 2. The predicted octanol–water partition coefficient (Wildman–Crippen LogP) is 5.43. The summed E-state index contributed by atoms with van der Waals surface area (Å²) >= 11 is 0. The molecule has 3 aromatic carbocycles. The second-order valence-electron chi connectivity index (χ2n) is 10.4. The summed E-state index contributed by atoms with van der Waals surface area (Å²) in [6, 6.07) is 15.9. The van der Waals surface area contributed by atoms with Gasteiger partial charge in [-0.15, -0.1) is 5.10 Å². The minimum atomic E-state index is -4.47. The van der Waals surface area contributed by atoms with Gasteiger partial charge < -0.3 is 9.84 Å². The fourth-order valence-corrected chi connectivity index (χ4v) is 5.41. The van der Waals surface area contributed by atoms with Gasteiger partial charge in [0.2, 0.25) is 0 Å². The highest BCUT2D eigenvalue weighted by molar-refractivity contribution is 5.55. The van der Waals surface area contributed by atoms with Crippen LogP contribution < -0.4 is 4.74 Å². The lowest BCUT2D eigenvalue weighted by Crippen LogP contribution is -2.48. The Balaban J connectivity index is 1.40. The van der Waals surface area contributed by atoms with E-state index in [1.807, 2.05) is 50.3 Å². The fraction of sp³-hybridized carbons (Fsp3) is 0.323. The highest BCUT2D eigenvalue weighted by Gasteiger charge is 2.35. The Kier molecular flexibility index (Phi) is 8.60. The van der Waals surface area contributed by atoms with Crippen molar-refractivity contribution in [3.8, 4) is 17.2 Å². The molecule has 8 nitrogen and oxygen atoms in total. The minimum Gasteiger partial charge on any atom is -0.504 e. The molecule has 1 fully saturated rings. The molecule has 220 valence electrons. The van der Waals surface area contributed by atoms with E-state index in [0.29, 0.717) is 49.9 Å². The number of phenols is 1. The quantitative estimate of drug-likeness (QED) is 0.299. The zero-order valence-corrected chi connectivity index (χ0v) is 23.7. The zero-order chi connectivity index (χ0) is 29.9. The topological polar surface area (TPSA) is 79.5 Å². The molecule has 0 unspecified atom stereocenters. The number of para-hydroxylation sites is 1. The molecule has 1 aliphatic heterocycles. The molecule has 5 rings (SSSR count). The molecule has 1 saturated heterocycles. The average molecular weight is 579 g/mol. The van der Waals surface area contributed by atoms with Crippen LogP contribution in [0.4, 0.5) is 13.2 Å². The molecular weight excluding hydrogens is 545 g/mol. The average Bonchev–Trinajstić information content (AvgIpc) is 3.43. The Morgan fingerprint density at radius 1 is 0.976 bits per heavy atom. The monoisotopic (exact) mass is 578 g/mol. The molecule has 11 heteroatoms. The van der Waals surface area contributed by atoms with E-state index in [0.717, 1.165) is 28.4 Å². The van der Waals surface area contributed by atoms with Crippen LogP contribution in [-0.4, -0.2) is 74.9 Å². The summed E-state index contributed by atoms with van der Waals surface area (Å²) in [6.45, 7) is 7.28. The second kappa shape index (κ2) is 12.3. The van der Waals surface area contributed by atoms with Crippen molar-refractivity contribution < 1.29 is 23.0 Å². The van der Waals surface area contributed by atoms with Crippen molar-refractivity contribution in [3.63, 3.8) is 0 Å². The normalized spacial score (nSPS) is 15.8. The number of aromatic hydroxyl groups is 1. The lowest BCUT2D eigenvalue weighted by molar-refractivity contribution is -0.137. The van der Waals surface area contributed by atoms with Gasteiger partial charge in [-0.25, -0.2) is 0 Å². The van der Waals surface area contributed by atoms with Gasteiger partial charge in [0.15, 0.2) is 17.3 Å². The van der Waals surface area contributed by atoms with Gasteiger partial charge in [0.1, 0.15) is 0 Å². The minimum absolute atomic E-state index is 0.0877. The van der Waals surface area contributed by atoms with Crippen LogP contribution in [0.5, 0.6) is 11.5 Å². The fourth-order valence-electron chi connectivity index (χ4n) is 5.41. The maximum absolute atomic E-state index is 13.7. The van der Waals surface area contributed by atoms with E-state index in [1.165, 1.54) is 19.2 Å². The highest BCUT2D eigenvalue weighted by atomic mass is 19.4. The number of hydrogen-bond acceptors (Lipinski definition) is 7. The number of aromatic nitrogens is 4. The largest absolute Gasteiger partial charge is 0.504 e. The van der Waals surface area contributed by atoms with Crippen molar-refractivity contribution in [2.24, 2.45) is 0 Å². The maximum Gasteiger partial charge on any atom is 0.416 e. The molecule has 0 bridgehead atoms. The Hall–Kier alpha value is -4.22. The first kappa shape index (κ1) is 29.3. The molecular formula is C31H33F3N6O2. The van der Waals surface area contributed by atoms with Crippen molar-refractivity contribution in [2.75, 3.05) is 39.8 Å². The van der Waals surface area contributed by atoms with Crippen molar-refractivity contribution in [1.82, 2.24) is 30.0 Å². The summed E-state index contributed by atoms with van der Waals surface area (Å²) in [5, 5.41) is 22.4. The van der Waals surface area contributed by atoms with E-state index in [-0.39, 0.29) is 5.75 Å². The smallest absolute Gasteiger partial charge is 0.416 e. The third kappa shape index (κ3) is 6.32. The number of methoxy groups -OCH3 is 1. The first-order valence-electron chi connectivity index (χ1n) is 13.7. The van der Waals surface area contributed by atoms with Crippen LogP contribution in [0.3, 0.4) is 0 Å². The number of hydrogen-bond donors (Lipinski definition) is 1. The first-order valence-corrected chi connectivity index (χ1v) is 13.7. The Morgan fingerprint density at radius 2 is 1.69 bits per heavy atom. The lowest BCUT2D eigenvalue weighted by atomic mass is 10.00. The van der Waals surface area contributed by atoms with Gasteiger partial charge in [-0.3, -0.25) is 9.80 Å². The van der Waals surface area contributed by atoms with Crippen LogP contribution in [0.25, 0.3) is 11.8 Å². The van der Waals surface area contributed by atoms with E-state index in [2.05, 4.69) is 25.3 Å². The second-order valence-corrected chi connectivity index (χ2v) is 10.4. The van der Waals surface area contributed by atoms with E-state index in [9.17, 15) is 18.3 Å². The summed E-state index contributed by atoms with van der Waals surface area (Å²) in [4.78, 5) is 4.43. The van der Waals surface area contributed by atoms with E-state index in [4.69, 9.17) is 4.74 Å². The molecule has 0 aliphatic carbocycles. The molecule has 0 spiro atoms. The molecule has 4 aromatic rings. The third-order valence-electron chi connectivity index (χ3n) is 7.57. The van der Waals surface area contributed by atoms with E-state index in [1.54, 1.807) is 22.9 Å². The van der Waals surface area contributed by atoms with Crippen molar-refractivity contribution in [2.45, 2.75) is 26.1 Å². The van der Waals surface area contributed by atoms with Gasteiger partial charge in [-0.1, -0.05) is 48.6 Å². The molecule has 1 aliphatic rings. The van der Waals surface area contributed by atoms with Crippen LogP contribution in [0, 0.1) is 13.8 Å². The number of piperazine rings is 1. The summed E-state index contributed by atoms with van der Waals surface area (Å²) in [6.07, 6.45) is -0.447. The summed E-state index contributed by atoms with van der Waals surface area (Å²) in [7, 11) is 1.51. The van der Waals surface area contributed by atoms with E-state index < -0.39 is 17.8 Å². The maximum atomic E-state index is 13.7. The molecule has 1 aromatic heterocycles. The van der Waals surface area contributed by atoms with Crippen LogP contribution in [-0.2, 0) is 6.18 Å². The molecule has 0 saturated carbocycles. The summed E-state index contributed by atoms with van der Waals surface area (Å²) in [5.74, 6) is 0.973. The molecule has 0 amide bonds. The molecule has 42 heavy (non-hydrogen) atoms. The standard InChI is InChI=1S/C31H33F3N6O2/c1-21-7-4-8-22(2)28(21)40-30(35-36-37-40)29(24-10-5-11-25(20-24)31(32,33)34)39-17-15-38(16-18-39)14-6-9-23-12-13-26(41)27(19-23)42-3/h4-13,19-20,29,41H,14-18H2,1-3H3/t29-/m1/s1. The predicted molar refractivity (Wildman–Crippen MR) is 154 cm³/mol. The number of tetrazole rings is 1. The number of ether oxygens (including phenoxy) is 1. The zero-order valence-electron chi connectivity index (χ0n) is 23.7. The molecule has 2 heterocycles. The number of phenolic OH excluding ortho intramolecular Hbond substituents is 1. The molecule has 1 atom stereocenters. The Labute approximate surface area is 242 Å². The van der Waals surface area contributed by atoms with Crippen LogP contribution in [0.15, 0.2) is 66.7 Å². The Morgan fingerprint density at radius 3 is 2.38 bits per heavy atom. The lowest BCUT2D eigenvalue weighted by Gasteiger charge is -2.38. The van der Waals surface area contributed by atoms with Gasteiger partial charge in [-0.05, 0) is 70.8 Å². The van der Waals surface area contributed by atoms with Crippen LogP contribution >= 0.6 is 0 Å².